The van der Waals surface area contributed by atoms with Crippen LogP contribution in [0.25, 0.3) is 0 Å². The number of halogens is 1. The second-order valence-corrected chi connectivity index (χ2v) is 5.18. The van der Waals surface area contributed by atoms with Crippen LogP contribution in [0.5, 0.6) is 0 Å². The van der Waals surface area contributed by atoms with Gasteiger partial charge in [-0.15, -0.1) is 0 Å². The molecule has 0 bridgehead atoms. The normalized spacial score (nSPS) is 11.0. The van der Waals surface area contributed by atoms with Crippen LogP contribution in [0.2, 0.25) is 5.28 Å². The summed E-state index contributed by atoms with van der Waals surface area (Å²) in [5.74, 6) is 0. The Hall–Kier alpha value is -0.500. The Labute approximate surface area is 111 Å². The van der Waals surface area contributed by atoms with Crippen molar-refractivity contribution >= 4 is 11.6 Å². The smallest absolute Gasteiger partial charge is 0.223 e. The fourth-order valence-electron chi connectivity index (χ4n) is 2.09. The third-order valence-electron chi connectivity index (χ3n) is 3.25. The van der Waals surface area contributed by atoms with Crippen LogP contribution in [0.15, 0.2) is 12.4 Å². The van der Waals surface area contributed by atoms with Gasteiger partial charge in [0.1, 0.15) is 12.4 Å². The van der Waals surface area contributed by atoms with E-state index in [-0.39, 0.29) is 0 Å². The van der Waals surface area contributed by atoms with Crippen molar-refractivity contribution in [3.63, 3.8) is 0 Å². The Balaban J connectivity index is 1.99. The van der Waals surface area contributed by atoms with Crippen LogP contribution < -0.4 is 4.57 Å². The second kappa shape index (κ2) is 8.57. The first kappa shape index (κ1) is 14.6. The molecule has 0 spiro atoms. The summed E-state index contributed by atoms with van der Waals surface area (Å²) in [7, 11) is 1.98. The first-order chi connectivity index (χ1) is 8.25. The van der Waals surface area contributed by atoms with Gasteiger partial charge in [-0.3, -0.25) is 0 Å². The first-order valence-corrected chi connectivity index (χ1v) is 7.33. The predicted octanol–water partition coefficient (Wildman–Crippen LogP) is 4.11. The Morgan fingerprint density at radius 1 is 1.06 bits per heavy atom. The molecule has 0 fully saturated rings. The lowest BCUT2D eigenvalue weighted by atomic mass is 10.1. The summed E-state index contributed by atoms with van der Waals surface area (Å²) in [6.45, 7) is 3.31. The Morgan fingerprint density at radius 3 is 2.18 bits per heavy atom. The van der Waals surface area contributed by atoms with Gasteiger partial charge in [0.15, 0.2) is 0 Å². The van der Waals surface area contributed by atoms with Crippen LogP contribution in [-0.2, 0) is 13.6 Å². The van der Waals surface area contributed by atoms with Crippen molar-refractivity contribution in [3.8, 4) is 0 Å². The van der Waals surface area contributed by atoms with Gasteiger partial charge in [-0.1, -0.05) is 45.4 Å². The Bertz CT molecular complexity index is 307. The highest BCUT2D eigenvalue weighted by molar-refractivity contribution is 6.27. The molecular weight excluding hydrogens is 232 g/mol. The molecule has 0 aliphatic carbocycles. The van der Waals surface area contributed by atoms with E-state index in [1.54, 1.807) is 0 Å². The topological polar surface area (TPSA) is 8.81 Å². The van der Waals surface area contributed by atoms with Crippen molar-refractivity contribution in [2.24, 2.45) is 7.05 Å². The molecule has 0 aliphatic heterocycles. The van der Waals surface area contributed by atoms with Crippen LogP contribution in [0.1, 0.15) is 58.3 Å². The van der Waals surface area contributed by atoms with E-state index in [4.69, 9.17) is 11.6 Å². The zero-order valence-corrected chi connectivity index (χ0v) is 12.0. The summed E-state index contributed by atoms with van der Waals surface area (Å²) < 4.78 is 4.07. The van der Waals surface area contributed by atoms with Gasteiger partial charge >= 0.3 is 5.28 Å². The maximum atomic E-state index is 6.13. The number of aryl methyl sites for hydroxylation is 2. The van der Waals surface area contributed by atoms with Crippen LogP contribution in [0, 0.1) is 0 Å². The molecular formula is C14H26ClN2+. The van der Waals surface area contributed by atoms with E-state index in [9.17, 15) is 0 Å². The molecule has 1 heterocycles. The molecule has 17 heavy (non-hydrogen) atoms. The SMILES string of the molecule is CCCCCCCCCCn1cc[n+](C)c1Cl. The van der Waals surface area contributed by atoms with Gasteiger partial charge in [0.05, 0.1) is 13.6 Å². The van der Waals surface area contributed by atoms with Gasteiger partial charge in [0, 0.05) is 11.6 Å². The molecule has 0 amide bonds. The molecule has 0 unspecified atom stereocenters. The lowest BCUT2D eigenvalue weighted by molar-refractivity contribution is -0.668. The Kier molecular flexibility index (Phi) is 7.34. The molecule has 0 N–H and O–H groups in total. The first-order valence-electron chi connectivity index (χ1n) is 6.96. The largest absolute Gasteiger partial charge is 0.354 e. The summed E-state index contributed by atoms with van der Waals surface area (Å²) in [6.07, 6.45) is 15.0. The maximum Gasteiger partial charge on any atom is 0.354 e. The van der Waals surface area contributed by atoms with Crippen molar-refractivity contribution < 1.29 is 4.57 Å². The fourth-order valence-corrected chi connectivity index (χ4v) is 2.29. The van der Waals surface area contributed by atoms with E-state index in [2.05, 4.69) is 17.7 Å². The van der Waals surface area contributed by atoms with E-state index < -0.39 is 0 Å². The molecule has 98 valence electrons. The minimum atomic E-state index is 0.827. The van der Waals surface area contributed by atoms with Crippen molar-refractivity contribution in [3.05, 3.63) is 17.7 Å². The molecule has 1 aromatic heterocycles. The molecule has 0 atom stereocenters. The number of unbranched alkanes of at least 4 members (excludes halogenated alkanes) is 7. The van der Waals surface area contributed by atoms with Gasteiger partial charge in [-0.05, 0) is 12.8 Å². The van der Waals surface area contributed by atoms with Gasteiger partial charge in [-0.25, -0.2) is 9.13 Å². The molecule has 0 aromatic carbocycles. The molecule has 0 aliphatic rings. The minimum absolute atomic E-state index is 0.827. The monoisotopic (exact) mass is 257 g/mol. The number of imidazole rings is 1. The highest BCUT2D eigenvalue weighted by atomic mass is 35.5. The fraction of sp³-hybridized carbons (Fsp3) is 0.786. The zero-order valence-electron chi connectivity index (χ0n) is 11.3. The summed E-state index contributed by atoms with van der Waals surface area (Å²) in [4.78, 5) is 0. The number of hydrogen-bond donors (Lipinski definition) is 0. The van der Waals surface area contributed by atoms with Gasteiger partial charge in [-0.2, -0.15) is 0 Å². The molecule has 0 saturated heterocycles. The summed E-state index contributed by atoms with van der Waals surface area (Å²) in [5, 5.41) is 0.827. The van der Waals surface area contributed by atoms with Gasteiger partial charge < -0.3 is 0 Å². The number of rotatable bonds is 9. The third-order valence-corrected chi connectivity index (χ3v) is 3.73. The van der Waals surface area contributed by atoms with E-state index in [1.807, 2.05) is 17.8 Å². The molecule has 2 nitrogen and oxygen atoms in total. The average molecular weight is 258 g/mol. The molecule has 3 heteroatoms. The van der Waals surface area contributed by atoms with Crippen LogP contribution >= 0.6 is 11.6 Å². The molecule has 0 saturated carbocycles. The summed E-state index contributed by atoms with van der Waals surface area (Å²) >= 11 is 6.13. The van der Waals surface area contributed by atoms with Crippen LogP contribution in [0.4, 0.5) is 0 Å². The van der Waals surface area contributed by atoms with Gasteiger partial charge in [0.2, 0.25) is 0 Å². The predicted molar refractivity (Wildman–Crippen MR) is 73.2 cm³/mol. The molecule has 1 rings (SSSR count). The third kappa shape index (κ3) is 5.58. The average Bonchev–Trinajstić information content (AvgIpc) is 2.64. The van der Waals surface area contributed by atoms with Crippen molar-refractivity contribution in [1.29, 1.82) is 0 Å². The highest BCUT2D eigenvalue weighted by Crippen LogP contribution is 2.10. The quantitative estimate of drug-likeness (QED) is 0.465. The lowest BCUT2D eigenvalue weighted by Gasteiger charge is -2.00. The van der Waals surface area contributed by atoms with Crippen molar-refractivity contribution in [1.82, 2.24) is 4.57 Å². The van der Waals surface area contributed by atoms with Gasteiger partial charge in [0.25, 0.3) is 0 Å². The molecule has 0 radical (unpaired) electrons. The van der Waals surface area contributed by atoms with E-state index in [1.165, 1.54) is 51.4 Å². The number of hydrogen-bond acceptors (Lipinski definition) is 0. The number of aromatic nitrogens is 2. The Morgan fingerprint density at radius 2 is 1.65 bits per heavy atom. The van der Waals surface area contributed by atoms with E-state index >= 15 is 0 Å². The molecule has 1 aromatic rings. The van der Waals surface area contributed by atoms with E-state index in [0.717, 1.165) is 11.8 Å². The van der Waals surface area contributed by atoms with Crippen LogP contribution in [0.3, 0.4) is 0 Å². The summed E-state index contributed by atoms with van der Waals surface area (Å²) in [6, 6.07) is 0. The summed E-state index contributed by atoms with van der Waals surface area (Å²) in [5.41, 5.74) is 0. The highest BCUT2D eigenvalue weighted by Gasteiger charge is 2.09. The lowest BCUT2D eigenvalue weighted by Crippen LogP contribution is -2.26. The minimum Gasteiger partial charge on any atom is -0.223 e. The van der Waals surface area contributed by atoms with Crippen LogP contribution in [-0.4, -0.2) is 4.57 Å². The van der Waals surface area contributed by atoms with E-state index in [0.29, 0.717) is 0 Å². The zero-order chi connectivity index (χ0) is 12.5. The maximum absolute atomic E-state index is 6.13. The van der Waals surface area contributed by atoms with Crippen molar-refractivity contribution in [2.75, 3.05) is 0 Å². The van der Waals surface area contributed by atoms with Crippen molar-refractivity contribution in [2.45, 2.75) is 64.8 Å². The second-order valence-electron chi connectivity index (χ2n) is 4.85. The number of nitrogens with zero attached hydrogens (tertiary/aromatic N) is 2. The standard InChI is InChI=1S/C14H26ClN2/c1-3-4-5-6-7-8-9-10-11-17-13-12-16(2)14(17)15/h12-13H,3-11H2,1-2H3/q+1.